The topological polar surface area (TPSA) is 80.7 Å². The number of carboxylic acid groups (broad SMARTS) is 1. The number of aliphatic carboxylic acids is 1. The molecule has 3 saturated carbocycles. The highest BCUT2D eigenvalue weighted by molar-refractivity contribution is 5.98. The third-order valence-electron chi connectivity index (χ3n) is 9.89. The molecule has 1 N–H and O–H groups in total. The molecule has 0 aromatic heterocycles. The van der Waals surface area contributed by atoms with Crippen LogP contribution in [-0.4, -0.2) is 23.0 Å². The van der Waals surface area contributed by atoms with Crippen LogP contribution in [-0.2, 0) is 19.1 Å². The Labute approximate surface area is 172 Å². The lowest BCUT2D eigenvalue weighted by Gasteiger charge is -2.68. The van der Waals surface area contributed by atoms with Crippen molar-refractivity contribution in [2.75, 3.05) is 0 Å². The van der Waals surface area contributed by atoms with Crippen molar-refractivity contribution in [2.45, 2.75) is 66.2 Å². The van der Waals surface area contributed by atoms with E-state index in [0.717, 1.165) is 38.5 Å². The molecule has 2 bridgehead atoms. The van der Waals surface area contributed by atoms with Gasteiger partial charge in [-0.05, 0) is 68.1 Å². The number of carboxylic acids is 1. The molecule has 1 saturated heterocycles. The third-order valence-corrected chi connectivity index (χ3v) is 9.89. The number of fused-ring (bicyclic) bond motifs is 1. The Bertz CT molecular complexity index is 842. The molecular weight excluding hydrogens is 368 g/mol. The van der Waals surface area contributed by atoms with E-state index >= 15 is 0 Å². The quantitative estimate of drug-likeness (QED) is 0.427. The normalized spacial score (nSPS) is 50.5. The first-order valence-electron chi connectivity index (χ1n) is 11.3. The predicted molar refractivity (Wildman–Crippen MR) is 105 cm³/mol. The molecular formula is C24H32O5. The van der Waals surface area contributed by atoms with Gasteiger partial charge in [-0.25, -0.2) is 0 Å². The highest BCUT2D eigenvalue weighted by Gasteiger charge is 2.73. The van der Waals surface area contributed by atoms with Gasteiger partial charge in [-0.3, -0.25) is 14.4 Å². The fourth-order valence-electron chi connectivity index (χ4n) is 8.76. The third kappa shape index (κ3) is 2.14. The summed E-state index contributed by atoms with van der Waals surface area (Å²) in [7, 11) is 0. The standard InChI is InChI=1S/C24H32O5/c1-12(2)14-11-24-9-6-15-22(3,7-5-8-23(15,4)21(27)28)16(24)10-13(14)17-18(24)20(26)29-19(17)25/h11-13,15-18H,5-10H2,1-4H3,(H,27,28)/t13?,15-,16?,17+,18+,22+,23-,24?/m1/s1. The average Bonchev–Trinajstić information content (AvgIpc) is 2.97. The molecule has 0 aromatic carbocycles. The molecule has 4 fully saturated rings. The number of carbonyl (C=O) groups excluding carboxylic acids is 2. The molecule has 1 aliphatic heterocycles. The largest absolute Gasteiger partial charge is 0.481 e. The molecule has 1 heterocycles. The van der Waals surface area contributed by atoms with Crippen LogP contribution in [0.2, 0.25) is 0 Å². The molecule has 6 aliphatic rings. The number of allylic oxidation sites excluding steroid dienone is 2. The Hall–Kier alpha value is -1.65. The molecule has 29 heavy (non-hydrogen) atoms. The van der Waals surface area contributed by atoms with Gasteiger partial charge in [0, 0.05) is 5.41 Å². The fourth-order valence-corrected chi connectivity index (χ4v) is 8.76. The second-order valence-corrected chi connectivity index (χ2v) is 11.2. The van der Waals surface area contributed by atoms with Crippen LogP contribution in [0.25, 0.3) is 0 Å². The van der Waals surface area contributed by atoms with Crippen molar-refractivity contribution in [3.05, 3.63) is 11.6 Å². The van der Waals surface area contributed by atoms with E-state index in [1.807, 2.05) is 6.92 Å². The van der Waals surface area contributed by atoms with Crippen molar-refractivity contribution in [2.24, 2.45) is 51.8 Å². The second kappa shape index (κ2) is 5.73. The monoisotopic (exact) mass is 400 g/mol. The highest BCUT2D eigenvalue weighted by Crippen LogP contribution is 2.74. The van der Waals surface area contributed by atoms with Crippen molar-refractivity contribution >= 4 is 17.9 Å². The van der Waals surface area contributed by atoms with E-state index in [1.165, 1.54) is 5.57 Å². The smallest absolute Gasteiger partial charge is 0.318 e. The van der Waals surface area contributed by atoms with Crippen molar-refractivity contribution < 1.29 is 24.2 Å². The number of hydrogen-bond donors (Lipinski definition) is 1. The van der Waals surface area contributed by atoms with Crippen molar-refractivity contribution in [3.8, 4) is 0 Å². The Balaban J connectivity index is 1.67. The van der Waals surface area contributed by atoms with Gasteiger partial charge in [0.2, 0.25) is 0 Å². The van der Waals surface area contributed by atoms with Crippen molar-refractivity contribution in [1.29, 1.82) is 0 Å². The van der Waals surface area contributed by atoms with Gasteiger partial charge in [0.05, 0.1) is 17.3 Å². The molecule has 5 aliphatic carbocycles. The summed E-state index contributed by atoms with van der Waals surface area (Å²) in [6.45, 7) is 8.56. The minimum Gasteiger partial charge on any atom is -0.481 e. The van der Waals surface area contributed by atoms with Crippen LogP contribution < -0.4 is 0 Å². The van der Waals surface area contributed by atoms with Crippen LogP contribution in [0.4, 0.5) is 0 Å². The molecule has 1 spiro atoms. The van der Waals surface area contributed by atoms with Crippen LogP contribution >= 0.6 is 0 Å². The van der Waals surface area contributed by atoms with Gasteiger partial charge in [0.15, 0.2) is 0 Å². The van der Waals surface area contributed by atoms with E-state index in [4.69, 9.17) is 4.74 Å². The van der Waals surface area contributed by atoms with E-state index in [-0.39, 0.29) is 52.4 Å². The maximum absolute atomic E-state index is 12.9. The molecule has 3 unspecified atom stereocenters. The molecule has 0 radical (unpaired) electrons. The molecule has 8 atom stereocenters. The van der Waals surface area contributed by atoms with E-state index in [2.05, 4.69) is 26.8 Å². The SMILES string of the molecule is CC(C)C1=CC23CC[C@H]4[C@](C)(C(=O)O)CCC[C@]4(C)C2CC1[C@@H]1C(=O)OC(=O)[C@H]13. The Kier molecular flexibility index (Phi) is 3.82. The Morgan fingerprint density at radius 3 is 2.52 bits per heavy atom. The molecule has 0 amide bonds. The zero-order valence-electron chi connectivity index (χ0n) is 17.9. The van der Waals surface area contributed by atoms with E-state index in [1.54, 1.807) is 0 Å². The molecule has 158 valence electrons. The first kappa shape index (κ1) is 19.3. The van der Waals surface area contributed by atoms with Crippen LogP contribution in [0, 0.1) is 51.8 Å². The Morgan fingerprint density at radius 2 is 1.86 bits per heavy atom. The molecule has 6 rings (SSSR count). The van der Waals surface area contributed by atoms with E-state index in [9.17, 15) is 19.5 Å². The van der Waals surface area contributed by atoms with Crippen molar-refractivity contribution in [1.82, 2.24) is 0 Å². The number of rotatable bonds is 2. The summed E-state index contributed by atoms with van der Waals surface area (Å²) in [4.78, 5) is 37.8. The minimum atomic E-state index is -0.707. The first-order valence-corrected chi connectivity index (χ1v) is 11.3. The van der Waals surface area contributed by atoms with Gasteiger partial charge in [-0.2, -0.15) is 0 Å². The summed E-state index contributed by atoms with van der Waals surface area (Å²) in [5.74, 6) is -1.33. The molecule has 0 aromatic rings. The predicted octanol–water partition coefficient (Wildman–Crippen LogP) is 4.21. The van der Waals surface area contributed by atoms with E-state index < -0.39 is 11.4 Å². The molecule has 5 heteroatoms. The fraction of sp³-hybridized carbons (Fsp3) is 0.792. The summed E-state index contributed by atoms with van der Waals surface area (Å²) in [6, 6.07) is 0. The summed E-state index contributed by atoms with van der Waals surface area (Å²) < 4.78 is 5.20. The first-order chi connectivity index (χ1) is 13.6. The lowest BCUT2D eigenvalue weighted by molar-refractivity contribution is -0.195. The summed E-state index contributed by atoms with van der Waals surface area (Å²) in [6.07, 6.45) is 7.48. The van der Waals surface area contributed by atoms with Crippen LogP contribution in [0.15, 0.2) is 11.6 Å². The lowest BCUT2D eigenvalue weighted by Crippen LogP contribution is -2.65. The number of hydrogen-bond acceptors (Lipinski definition) is 4. The Morgan fingerprint density at radius 1 is 1.14 bits per heavy atom. The number of esters is 2. The zero-order valence-corrected chi connectivity index (χ0v) is 17.9. The van der Waals surface area contributed by atoms with Gasteiger partial charge in [0.25, 0.3) is 0 Å². The summed E-state index contributed by atoms with van der Waals surface area (Å²) >= 11 is 0. The summed E-state index contributed by atoms with van der Waals surface area (Å²) in [5, 5.41) is 10.1. The zero-order chi connectivity index (χ0) is 20.9. The number of ether oxygens (including phenoxy) is 1. The average molecular weight is 401 g/mol. The van der Waals surface area contributed by atoms with Gasteiger partial charge in [-0.1, -0.05) is 38.8 Å². The van der Waals surface area contributed by atoms with Gasteiger partial charge in [-0.15, -0.1) is 0 Å². The van der Waals surface area contributed by atoms with Gasteiger partial charge < -0.3 is 9.84 Å². The van der Waals surface area contributed by atoms with E-state index in [0.29, 0.717) is 5.92 Å². The lowest BCUT2D eigenvalue weighted by atomic mass is 9.34. The van der Waals surface area contributed by atoms with Gasteiger partial charge >= 0.3 is 17.9 Å². The number of cyclic esters (lactones) is 2. The summed E-state index contributed by atoms with van der Waals surface area (Å²) in [5.41, 5.74) is 0.122. The van der Waals surface area contributed by atoms with Crippen molar-refractivity contribution in [3.63, 3.8) is 0 Å². The second-order valence-electron chi connectivity index (χ2n) is 11.2. The highest BCUT2D eigenvalue weighted by atomic mass is 16.6. The molecule has 5 nitrogen and oxygen atoms in total. The van der Waals surface area contributed by atoms with Crippen LogP contribution in [0.5, 0.6) is 0 Å². The van der Waals surface area contributed by atoms with Crippen LogP contribution in [0.3, 0.4) is 0 Å². The number of carbonyl (C=O) groups is 3. The maximum Gasteiger partial charge on any atom is 0.318 e. The van der Waals surface area contributed by atoms with Gasteiger partial charge in [0.1, 0.15) is 0 Å². The minimum absolute atomic E-state index is 0.0550. The van der Waals surface area contributed by atoms with Crippen LogP contribution in [0.1, 0.15) is 66.2 Å². The maximum atomic E-state index is 12.9.